The Morgan fingerprint density at radius 2 is 1.14 bits per heavy atom. The van der Waals surface area contributed by atoms with Crippen molar-refractivity contribution < 1.29 is 28.4 Å². The van der Waals surface area contributed by atoms with Crippen LogP contribution >= 0.6 is 11.3 Å². The van der Waals surface area contributed by atoms with Gasteiger partial charge in [0.1, 0.15) is 31.0 Å². The average molecular weight is 598 g/mol. The van der Waals surface area contributed by atoms with Gasteiger partial charge in [0.05, 0.1) is 30.0 Å². The van der Waals surface area contributed by atoms with Crippen molar-refractivity contribution in [3.8, 4) is 5.19 Å². The van der Waals surface area contributed by atoms with Crippen LogP contribution in [0.4, 0.5) is 0 Å². The number of hydrogen-bond acceptors (Lipinski definition) is 8. The van der Waals surface area contributed by atoms with E-state index in [0.29, 0.717) is 25.0 Å². The van der Waals surface area contributed by atoms with Gasteiger partial charge >= 0.3 is 0 Å². The van der Waals surface area contributed by atoms with Gasteiger partial charge in [-0.25, -0.2) is 4.98 Å². The maximum Gasteiger partial charge on any atom is 0.274 e. The molecule has 3 unspecified atom stereocenters. The lowest BCUT2D eigenvalue weighted by atomic mass is 9.98. The maximum absolute atomic E-state index is 6.65. The summed E-state index contributed by atoms with van der Waals surface area (Å²) in [6.07, 6.45) is -2.82. The zero-order valence-electron chi connectivity index (χ0n) is 24.0. The van der Waals surface area contributed by atoms with Crippen molar-refractivity contribution in [1.82, 2.24) is 4.98 Å². The summed E-state index contributed by atoms with van der Waals surface area (Å²) in [7, 11) is 1.62. The van der Waals surface area contributed by atoms with E-state index in [-0.39, 0.29) is 6.61 Å². The molecule has 5 atom stereocenters. The second-order valence-corrected chi connectivity index (χ2v) is 11.3. The number of rotatable bonds is 13. The van der Waals surface area contributed by atoms with E-state index in [1.54, 1.807) is 7.11 Å². The summed E-state index contributed by atoms with van der Waals surface area (Å²) < 4.78 is 39.5. The highest BCUT2D eigenvalue weighted by atomic mass is 32.1. The van der Waals surface area contributed by atoms with Gasteiger partial charge in [-0.3, -0.25) is 0 Å². The zero-order chi connectivity index (χ0) is 29.3. The maximum atomic E-state index is 6.65. The van der Waals surface area contributed by atoms with Crippen LogP contribution in [0.3, 0.4) is 0 Å². The number of nitrogens with zero attached hydrogens (tertiary/aromatic N) is 1. The van der Waals surface area contributed by atoms with Crippen molar-refractivity contribution >= 4 is 21.6 Å². The Morgan fingerprint density at radius 3 is 1.70 bits per heavy atom. The first kappa shape index (κ1) is 29.4. The van der Waals surface area contributed by atoms with E-state index in [2.05, 4.69) is 4.98 Å². The molecule has 8 heteroatoms. The Kier molecular flexibility index (Phi) is 10.1. The second kappa shape index (κ2) is 14.7. The minimum atomic E-state index is -0.704. The highest BCUT2D eigenvalue weighted by molar-refractivity contribution is 7.20. The molecule has 5 aromatic rings. The van der Waals surface area contributed by atoms with E-state index < -0.39 is 30.7 Å². The minimum Gasteiger partial charge on any atom is -0.467 e. The first-order valence-corrected chi connectivity index (χ1v) is 15.2. The normalized spacial score (nSPS) is 22.0. The molecule has 1 saturated heterocycles. The topological polar surface area (TPSA) is 68.3 Å². The number of fused-ring (bicyclic) bond motifs is 1. The van der Waals surface area contributed by atoms with Crippen LogP contribution in [-0.4, -0.2) is 49.4 Å². The Hall–Kier alpha value is -3.63. The van der Waals surface area contributed by atoms with Crippen molar-refractivity contribution in [2.24, 2.45) is 0 Å². The molecular weight excluding hydrogens is 562 g/mol. The summed E-state index contributed by atoms with van der Waals surface area (Å²) in [5, 5.41) is 0.574. The first-order chi connectivity index (χ1) is 21.3. The zero-order valence-corrected chi connectivity index (χ0v) is 24.8. The number of hydrogen-bond donors (Lipinski definition) is 0. The third-order valence-electron chi connectivity index (χ3n) is 7.32. The number of methoxy groups -OCH3 is 1. The summed E-state index contributed by atoms with van der Waals surface area (Å²) in [6.45, 7) is 1.33. The van der Waals surface area contributed by atoms with Crippen molar-refractivity contribution in [3.05, 3.63) is 132 Å². The van der Waals surface area contributed by atoms with Crippen molar-refractivity contribution in [2.75, 3.05) is 13.7 Å². The molecule has 0 amide bonds. The van der Waals surface area contributed by atoms with E-state index in [0.717, 1.165) is 26.9 Å². The Labute approximate surface area is 255 Å². The Morgan fingerprint density at radius 1 is 0.628 bits per heavy atom. The molecule has 1 aliphatic heterocycles. The van der Waals surface area contributed by atoms with Crippen LogP contribution in [0.15, 0.2) is 115 Å². The van der Waals surface area contributed by atoms with Crippen LogP contribution in [0.2, 0.25) is 0 Å². The molecule has 1 aliphatic rings. The molecule has 0 N–H and O–H groups in total. The van der Waals surface area contributed by atoms with E-state index in [1.165, 1.54) is 11.3 Å². The summed E-state index contributed by atoms with van der Waals surface area (Å²) >= 11 is 1.50. The van der Waals surface area contributed by atoms with E-state index in [1.807, 2.05) is 115 Å². The quantitative estimate of drug-likeness (QED) is 0.148. The van der Waals surface area contributed by atoms with Crippen LogP contribution in [0, 0.1) is 0 Å². The third-order valence-corrected chi connectivity index (χ3v) is 8.27. The van der Waals surface area contributed by atoms with Gasteiger partial charge in [-0.15, -0.1) is 0 Å². The van der Waals surface area contributed by atoms with Gasteiger partial charge in [0.15, 0.2) is 6.29 Å². The number of thiazole rings is 1. The lowest BCUT2D eigenvalue weighted by Gasteiger charge is -2.45. The van der Waals surface area contributed by atoms with Crippen LogP contribution < -0.4 is 4.74 Å². The predicted molar refractivity (Wildman–Crippen MR) is 166 cm³/mol. The Balaban J connectivity index is 1.27. The van der Waals surface area contributed by atoms with Gasteiger partial charge in [0.25, 0.3) is 5.19 Å². The number of para-hydroxylation sites is 1. The number of benzene rings is 4. The molecule has 6 rings (SSSR count). The fourth-order valence-electron chi connectivity index (χ4n) is 5.14. The van der Waals surface area contributed by atoms with Gasteiger partial charge in [-0.1, -0.05) is 114 Å². The standard InChI is InChI=1S/C35H35NO6S/c1-37-34-33(40-23-27-17-9-4-10-18-27)32(39-22-26-15-7-3-8-16-26)31(38-21-25-13-5-2-6-14-25)29(42-34)24-41-35-36-28-19-11-12-20-30(28)43-35/h2-20,29,31-34H,21-24H2,1H3/t29?,31-,32?,33?,34+/m1/s1. The smallest absolute Gasteiger partial charge is 0.274 e. The molecule has 1 aromatic heterocycles. The van der Waals surface area contributed by atoms with Crippen molar-refractivity contribution in [2.45, 2.75) is 50.5 Å². The highest BCUT2D eigenvalue weighted by Gasteiger charge is 2.49. The highest BCUT2D eigenvalue weighted by Crippen LogP contribution is 2.33. The summed E-state index contributed by atoms with van der Waals surface area (Å²) in [4.78, 5) is 4.64. The molecular formula is C35H35NO6S. The molecule has 0 aliphatic carbocycles. The lowest BCUT2D eigenvalue weighted by molar-refractivity contribution is -0.320. The van der Waals surface area contributed by atoms with Crippen molar-refractivity contribution in [1.29, 1.82) is 0 Å². The average Bonchev–Trinajstić information content (AvgIpc) is 3.49. The third kappa shape index (κ3) is 7.67. The molecule has 7 nitrogen and oxygen atoms in total. The molecule has 0 spiro atoms. The van der Waals surface area contributed by atoms with E-state index >= 15 is 0 Å². The van der Waals surface area contributed by atoms with Gasteiger partial charge < -0.3 is 28.4 Å². The minimum absolute atomic E-state index is 0.204. The molecule has 0 bridgehead atoms. The lowest BCUT2D eigenvalue weighted by Crippen LogP contribution is -2.61. The molecule has 4 aromatic carbocycles. The number of aromatic nitrogens is 1. The van der Waals surface area contributed by atoms with Gasteiger partial charge in [0, 0.05) is 7.11 Å². The first-order valence-electron chi connectivity index (χ1n) is 14.4. The van der Waals surface area contributed by atoms with E-state index in [4.69, 9.17) is 28.4 Å². The fraction of sp³-hybridized carbons (Fsp3) is 0.286. The van der Waals surface area contributed by atoms with Gasteiger partial charge in [0.2, 0.25) is 0 Å². The predicted octanol–water partition coefficient (Wildman–Crippen LogP) is 6.80. The summed E-state index contributed by atoms with van der Waals surface area (Å²) in [5.74, 6) is 0. The number of ether oxygens (including phenoxy) is 6. The molecule has 0 radical (unpaired) electrons. The molecule has 43 heavy (non-hydrogen) atoms. The van der Waals surface area contributed by atoms with E-state index in [9.17, 15) is 0 Å². The summed E-state index contributed by atoms with van der Waals surface area (Å²) in [5.41, 5.74) is 4.04. The van der Waals surface area contributed by atoms with Crippen LogP contribution in [0.5, 0.6) is 5.19 Å². The largest absolute Gasteiger partial charge is 0.467 e. The molecule has 1 fully saturated rings. The van der Waals surface area contributed by atoms with Crippen LogP contribution in [-0.2, 0) is 43.5 Å². The monoisotopic (exact) mass is 597 g/mol. The molecule has 2 heterocycles. The SMILES string of the molecule is CO[C@H]1OC(COc2nc3ccccc3s2)[C@@H](OCc2ccccc2)C(OCc2ccccc2)C1OCc1ccccc1. The van der Waals surface area contributed by atoms with Gasteiger partial charge in [-0.05, 0) is 28.8 Å². The van der Waals surface area contributed by atoms with Crippen LogP contribution in [0.25, 0.3) is 10.2 Å². The fourth-order valence-corrected chi connectivity index (χ4v) is 5.96. The second-order valence-electron chi connectivity index (χ2n) is 10.3. The van der Waals surface area contributed by atoms with Crippen molar-refractivity contribution in [3.63, 3.8) is 0 Å². The Bertz CT molecular complexity index is 1500. The van der Waals surface area contributed by atoms with Gasteiger partial charge in [-0.2, -0.15) is 0 Å². The molecule has 0 saturated carbocycles. The summed E-state index contributed by atoms with van der Waals surface area (Å²) in [6, 6.07) is 38.2. The van der Waals surface area contributed by atoms with Crippen LogP contribution in [0.1, 0.15) is 16.7 Å². The molecule has 222 valence electrons.